The molecule has 0 saturated heterocycles. The standard InChI is InChI=1S/C17H18F2N2O2/c18-14-5-1-3-12(9-14)10-16(21-17(23)20-7-8-22)13-4-2-6-15(19)11-13/h1-6,9,11,16,22H,7-8,10H2,(H2,20,21,23). The zero-order valence-electron chi connectivity index (χ0n) is 12.4. The minimum atomic E-state index is -0.522. The summed E-state index contributed by atoms with van der Waals surface area (Å²) in [5, 5.41) is 13.9. The van der Waals surface area contributed by atoms with Crippen molar-refractivity contribution in [1.82, 2.24) is 10.6 Å². The van der Waals surface area contributed by atoms with Crippen molar-refractivity contribution in [3.05, 3.63) is 71.3 Å². The van der Waals surface area contributed by atoms with Crippen molar-refractivity contribution in [2.45, 2.75) is 12.5 Å². The number of nitrogens with one attached hydrogen (secondary N) is 2. The van der Waals surface area contributed by atoms with Crippen molar-refractivity contribution in [3.8, 4) is 0 Å². The molecule has 0 aliphatic rings. The highest BCUT2D eigenvalue weighted by atomic mass is 19.1. The SMILES string of the molecule is O=C(NCCO)NC(Cc1cccc(F)c1)c1cccc(F)c1. The van der Waals surface area contributed by atoms with Crippen LogP contribution in [0.25, 0.3) is 0 Å². The first-order valence-electron chi connectivity index (χ1n) is 7.23. The van der Waals surface area contributed by atoms with Crippen LogP contribution in [-0.4, -0.2) is 24.3 Å². The molecule has 4 nitrogen and oxygen atoms in total. The topological polar surface area (TPSA) is 61.4 Å². The van der Waals surface area contributed by atoms with Gasteiger partial charge in [0.25, 0.3) is 0 Å². The number of amides is 2. The van der Waals surface area contributed by atoms with E-state index in [9.17, 15) is 13.6 Å². The van der Waals surface area contributed by atoms with E-state index in [2.05, 4.69) is 10.6 Å². The van der Waals surface area contributed by atoms with Crippen LogP contribution >= 0.6 is 0 Å². The van der Waals surface area contributed by atoms with Crippen molar-refractivity contribution >= 4 is 6.03 Å². The normalized spacial score (nSPS) is 11.8. The van der Waals surface area contributed by atoms with Gasteiger partial charge in [-0.05, 0) is 41.8 Å². The van der Waals surface area contributed by atoms with Gasteiger partial charge in [-0.1, -0.05) is 24.3 Å². The molecule has 2 amide bonds. The van der Waals surface area contributed by atoms with Gasteiger partial charge in [0, 0.05) is 6.54 Å². The average Bonchev–Trinajstić information content (AvgIpc) is 2.52. The molecule has 0 aromatic heterocycles. The summed E-state index contributed by atoms with van der Waals surface area (Å²) < 4.78 is 26.8. The Bertz CT molecular complexity index is 665. The van der Waals surface area contributed by atoms with Gasteiger partial charge in [-0.2, -0.15) is 0 Å². The minimum absolute atomic E-state index is 0.113. The zero-order valence-corrected chi connectivity index (χ0v) is 12.4. The molecule has 0 aliphatic carbocycles. The molecule has 1 atom stereocenters. The van der Waals surface area contributed by atoms with E-state index in [0.29, 0.717) is 17.5 Å². The predicted octanol–water partition coefficient (Wildman–Crippen LogP) is 2.54. The van der Waals surface area contributed by atoms with Crippen LogP contribution in [0.1, 0.15) is 17.2 Å². The number of carbonyl (C=O) groups excluding carboxylic acids is 1. The smallest absolute Gasteiger partial charge is 0.315 e. The second kappa shape index (κ2) is 8.24. The lowest BCUT2D eigenvalue weighted by Gasteiger charge is -2.20. The number of rotatable bonds is 6. The average molecular weight is 320 g/mol. The predicted molar refractivity (Wildman–Crippen MR) is 82.9 cm³/mol. The summed E-state index contributed by atoms with van der Waals surface area (Å²) in [7, 11) is 0. The van der Waals surface area contributed by atoms with E-state index in [1.54, 1.807) is 24.3 Å². The van der Waals surface area contributed by atoms with Crippen LogP contribution < -0.4 is 10.6 Å². The molecule has 6 heteroatoms. The van der Waals surface area contributed by atoms with Gasteiger partial charge in [-0.3, -0.25) is 0 Å². The van der Waals surface area contributed by atoms with Crippen LogP contribution in [0.3, 0.4) is 0 Å². The molecule has 0 aliphatic heterocycles. The number of urea groups is 1. The quantitative estimate of drug-likeness (QED) is 0.766. The first-order valence-corrected chi connectivity index (χ1v) is 7.23. The first kappa shape index (κ1) is 16.9. The van der Waals surface area contributed by atoms with Gasteiger partial charge >= 0.3 is 6.03 Å². The third kappa shape index (κ3) is 5.34. The summed E-state index contributed by atoms with van der Waals surface area (Å²) >= 11 is 0. The lowest BCUT2D eigenvalue weighted by molar-refractivity contribution is 0.230. The van der Waals surface area contributed by atoms with Crippen molar-refractivity contribution in [3.63, 3.8) is 0 Å². The zero-order chi connectivity index (χ0) is 16.7. The van der Waals surface area contributed by atoms with E-state index in [0.717, 1.165) is 0 Å². The van der Waals surface area contributed by atoms with E-state index in [1.807, 2.05) is 0 Å². The van der Waals surface area contributed by atoms with E-state index in [1.165, 1.54) is 24.3 Å². The summed E-state index contributed by atoms with van der Waals surface area (Å²) in [5.41, 5.74) is 1.26. The lowest BCUT2D eigenvalue weighted by atomic mass is 9.99. The number of halogens is 2. The first-order chi connectivity index (χ1) is 11.1. The Morgan fingerprint density at radius 3 is 2.43 bits per heavy atom. The van der Waals surface area contributed by atoms with Crippen LogP contribution in [0.4, 0.5) is 13.6 Å². The maximum Gasteiger partial charge on any atom is 0.315 e. The Morgan fingerprint density at radius 2 is 1.78 bits per heavy atom. The van der Waals surface area contributed by atoms with Gasteiger partial charge in [0.15, 0.2) is 0 Å². The summed E-state index contributed by atoms with van der Waals surface area (Å²) in [5.74, 6) is -0.783. The Morgan fingerprint density at radius 1 is 1.09 bits per heavy atom. The van der Waals surface area contributed by atoms with Gasteiger partial charge in [0.1, 0.15) is 11.6 Å². The minimum Gasteiger partial charge on any atom is -0.395 e. The van der Waals surface area contributed by atoms with Crippen molar-refractivity contribution < 1.29 is 18.7 Å². The highest BCUT2D eigenvalue weighted by molar-refractivity contribution is 5.74. The van der Waals surface area contributed by atoms with Crippen LogP contribution in [0, 0.1) is 11.6 Å². The van der Waals surface area contributed by atoms with Crippen LogP contribution in [0.5, 0.6) is 0 Å². The van der Waals surface area contributed by atoms with Crippen LogP contribution in [-0.2, 0) is 6.42 Å². The molecule has 0 bridgehead atoms. The molecular weight excluding hydrogens is 302 g/mol. The molecule has 2 aromatic carbocycles. The molecule has 23 heavy (non-hydrogen) atoms. The molecule has 0 fully saturated rings. The van der Waals surface area contributed by atoms with Gasteiger partial charge in [-0.15, -0.1) is 0 Å². The van der Waals surface area contributed by atoms with E-state index >= 15 is 0 Å². The fraction of sp³-hybridized carbons (Fsp3) is 0.235. The maximum absolute atomic E-state index is 13.4. The van der Waals surface area contributed by atoms with Crippen molar-refractivity contribution in [2.24, 2.45) is 0 Å². The summed E-state index contributed by atoms with van der Waals surface area (Å²) in [4.78, 5) is 11.8. The molecular formula is C17H18F2N2O2. The Balaban J connectivity index is 2.18. The van der Waals surface area contributed by atoms with Crippen LogP contribution in [0.2, 0.25) is 0 Å². The Kier molecular flexibility index (Phi) is 6.05. The van der Waals surface area contributed by atoms with Gasteiger partial charge in [0.2, 0.25) is 0 Å². The van der Waals surface area contributed by atoms with E-state index in [4.69, 9.17) is 5.11 Å². The van der Waals surface area contributed by atoms with Crippen LogP contribution in [0.15, 0.2) is 48.5 Å². The molecule has 0 saturated carbocycles. The van der Waals surface area contributed by atoms with Gasteiger partial charge in [-0.25, -0.2) is 13.6 Å². The lowest BCUT2D eigenvalue weighted by Crippen LogP contribution is -2.39. The van der Waals surface area contributed by atoms with E-state index in [-0.39, 0.29) is 19.0 Å². The molecule has 2 aromatic rings. The molecule has 122 valence electrons. The third-order valence-corrected chi connectivity index (χ3v) is 3.28. The number of aliphatic hydroxyl groups is 1. The molecule has 0 spiro atoms. The summed E-state index contributed by atoms with van der Waals surface area (Å²) in [6.45, 7) is -0.0659. The van der Waals surface area contributed by atoms with Crippen molar-refractivity contribution in [2.75, 3.05) is 13.2 Å². The molecule has 0 heterocycles. The second-order valence-electron chi connectivity index (χ2n) is 5.07. The number of hydrogen-bond acceptors (Lipinski definition) is 2. The number of benzene rings is 2. The molecule has 0 radical (unpaired) electrons. The fourth-order valence-electron chi connectivity index (χ4n) is 2.25. The van der Waals surface area contributed by atoms with Gasteiger partial charge < -0.3 is 15.7 Å². The monoisotopic (exact) mass is 320 g/mol. The Hall–Kier alpha value is -2.47. The van der Waals surface area contributed by atoms with Gasteiger partial charge in [0.05, 0.1) is 12.6 Å². The van der Waals surface area contributed by atoms with E-state index < -0.39 is 17.9 Å². The largest absolute Gasteiger partial charge is 0.395 e. The van der Waals surface area contributed by atoms with Crippen molar-refractivity contribution in [1.29, 1.82) is 0 Å². The summed E-state index contributed by atoms with van der Waals surface area (Å²) in [6.07, 6.45) is 0.313. The number of hydrogen-bond donors (Lipinski definition) is 3. The highest BCUT2D eigenvalue weighted by Crippen LogP contribution is 2.20. The third-order valence-electron chi connectivity index (χ3n) is 3.28. The second-order valence-corrected chi connectivity index (χ2v) is 5.07. The Labute approximate surface area is 133 Å². The molecule has 3 N–H and O–H groups in total. The molecule has 1 unspecified atom stereocenters. The number of aliphatic hydroxyl groups excluding tert-OH is 1. The highest BCUT2D eigenvalue weighted by Gasteiger charge is 2.16. The fourth-order valence-corrected chi connectivity index (χ4v) is 2.25. The number of carbonyl (C=O) groups is 1. The maximum atomic E-state index is 13.4. The summed E-state index contributed by atoms with van der Waals surface area (Å²) in [6, 6.07) is 10.9. The molecule has 2 rings (SSSR count).